The van der Waals surface area contributed by atoms with Crippen molar-refractivity contribution in [2.24, 2.45) is 0 Å². The molecule has 8 heteroatoms. The topological polar surface area (TPSA) is 82.7 Å². The zero-order valence-corrected chi connectivity index (χ0v) is 14.7. The van der Waals surface area contributed by atoms with Crippen molar-refractivity contribution in [3.8, 4) is 6.07 Å². The lowest BCUT2D eigenvalue weighted by Crippen LogP contribution is -2.22. The second-order valence-electron chi connectivity index (χ2n) is 5.80. The molecule has 0 aliphatic carbocycles. The van der Waals surface area contributed by atoms with E-state index in [4.69, 9.17) is 11.6 Å². The number of rotatable bonds is 3. The molecule has 25 heavy (non-hydrogen) atoms. The van der Waals surface area contributed by atoms with Gasteiger partial charge in [0.25, 0.3) is 5.56 Å². The van der Waals surface area contributed by atoms with Crippen LogP contribution in [-0.2, 0) is 0 Å². The Bertz CT molecular complexity index is 1050. The summed E-state index contributed by atoms with van der Waals surface area (Å²) in [6, 6.07) is 9.45. The minimum absolute atomic E-state index is 0.0878. The van der Waals surface area contributed by atoms with E-state index in [1.807, 2.05) is 24.3 Å². The monoisotopic (exact) mass is 371 g/mol. The van der Waals surface area contributed by atoms with Crippen molar-refractivity contribution in [3.05, 3.63) is 51.4 Å². The van der Waals surface area contributed by atoms with E-state index >= 15 is 0 Å². The average Bonchev–Trinajstić information content (AvgIpc) is 3.25. The average molecular weight is 372 g/mol. The van der Waals surface area contributed by atoms with Gasteiger partial charge in [-0.25, -0.2) is 0 Å². The zero-order chi connectivity index (χ0) is 17.4. The number of hydrogen-bond acceptors (Lipinski definition) is 6. The van der Waals surface area contributed by atoms with Gasteiger partial charge in [-0.15, -0.1) is 0 Å². The third kappa shape index (κ3) is 2.78. The van der Waals surface area contributed by atoms with Crippen molar-refractivity contribution in [3.63, 3.8) is 0 Å². The highest BCUT2D eigenvalue weighted by molar-refractivity contribution is 7.11. The molecule has 1 aliphatic heterocycles. The smallest absolute Gasteiger partial charge is 0.281 e. The second kappa shape index (κ2) is 6.48. The van der Waals surface area contributed by atoms with Gasteiger partial charge in [-0.2, -0.15) is 5.26 Å². The summed E-state index contributed by atoms with van der Waals surface area (Å²) in [6.45, 7) is 1.62. The second-order valence-corrected chi connectivity index (χ2v) is 7.19. The van der Waals surface area contributed by atoms with Crippen molar-refractivity contribution in [2.45, 2.75) is 12.5 Å². The molecule has 2 N–H and O–H groups in total. The molecule has 0 bridgehead atoms. The molecule has 3 heterocycles. The molecule has 1 aliphatic rings. The Balaban J connectivity index is 1.82. The fourth-order valence-corrected chi connectivity index (χ4v) is 4.31. The molecular weight excluding hydrogens is 358 g/mol. The molecule has 1 aromatic carbocycles. The Morgan fingerprint density at radius 3 is 3.08 bits per heavy atom. The summed E-state index contributed by atoms with van der Waals surface area (Å²) < 4.78 is 1.68. The number of benzene rings is 1. The maximum Gasteiger partial charge on any atom is 0.281 e. The maximum absolute atomic E-state index is 12.6. The molecule has 1 saturated heterocycles. The molecule has 0 amide bonds. The van der Waals surface area contributed by atoms with E-state index < -0.39 is 0 Å². The van der Waals surface area contributed by atoms with Gasteiger partial charge in [-0.05, 0) is 48.8 Å². The molecular formula is C17H14ClN5OS. The fraction of sp³-hybridized carbons (Fsp3) is 0.235. The predicted octanol–water partition coefficient (Wildman–Crippen LogP) is 3.26. The standard InChI is InChI=1S/C17H14ClN5OS/c18-13-3-4-14-11(2-1-6-21-14)15(13)22-16-12(8-19)17(24)23(25-16)10-5-7-20-9-10/h1-4,6,10,20,22H,5,7,9H2/t10-/m0/s1. The van der Waals surface area contributed by atoms with Gasteiger partial charge < -0.3 is 10.6 Å². The van der Waals surface area contributed by atoms with E-state index in [-0.39, 0.29) is 17.2 Å². The lowest BCUT2D eigenvalue weighted by atomic mass is 10.2. The number of aromatic nitrogens is 2. The van der Waals surface area contributed by atoms with Gasteiger partial charge in [0.05, 0.1) is 22.3 Å². The first-order valence-electron chi connectivity index (χ1n) is 7.86. The number of anilines is 2. The van der Waals surface area contributed by atoms with Crippen molar-refractivity contribution in [2.75, 3.05) is 18.4 Å². The van der Waals surface area contributed by atoms with Gasteiger partial charge in [-0.3, -0.25) is 13.7 Å². The van der Waals surface area contributed by atoms with Crippen LogP contribution < -0.4 is 16.2 Å². The Kier molecular flexibility index (Phi) is 4.17. The van der Waals surface area contributed by atoms with Crippen LogP contribution in [0.25, 0.3) is 10.9 Å². The molecule has 0 unspecified atom stereocenters. The SMILES string of the molecule is N#Cc1c(Nc2c(Cl)ccc3ncccc23)sn([C@H]2CCNC2)c1=O. The maximum atomic E-state index is 12.6. The molecule has 1 fully saturated rings. The summed E-state index contributed by atoms with van der Waals surface area (Å²) >= 11 is 7.63. The predicted molar refractivity (Wildman–Crippen MR) is 99.9 cm³/mol. The van der Waals surface area contributed by atoms with E-state index in [0.29, 0.717) is 15.7 Å². The molecule has 0 saturated carbocycles. The van der Waals surface area contributed by atoms with E-state index in [2.05, 4.69) is 15.6 Å². The van der Waals surface area contributed by atoms with Crippen LogP contribution in [0.2, 0.25) is 5.02 Å². The zero-order valence-electron chi connectivity index (χ0n) is 13.1. The van der Waals surface area contributed by atoms with Crippen molar-refractivity contribution >= 4 is 44.7 Å². The van der Waals surface area contributed by atoms with Crippen LogP contribution in [0.4, 0.5) is 10.7 Å². The van der Waals surface area contributed by atoms with E-state index in [1.165, 1.54) is 11.5 Å². The Hall–Kier alpha value is -2.40. The molecule has 6 nitrogen and oxygen atoms in total. The molecule has 1 atom stereocenters. The largest absolute Gasteiger partial charge is 0.343 e. The first kappa shape index (κ1) is 16.1. The summed E-state index contributed by atoms with van der Waals surface area (Å²) in [5, 5.41) is 17.8. The highest BCUT2D eigenvalue weighted by atomic mass is 35.5. The molecule has 4 rings (SSSR count). The van der Waals surface area contributed by atoms with Crippen LogP contribution in [0.15, 0.2) is 35.3 Å². The summed E-state index contributed by atoms with van der Waals surface area (Å²) in [4.78, 5) is 16.9. The van der Waals surface area contributed by atoms with Crippen molar-refractivity contribution < 1.29 is 0 Å². The number of hydrogen-bond donors (Lipinski definition) is 2. The van der Waals surface area contributed by atoms with E-state index in [1.54, 1.807) is 16.2 Å². The Morgan fingerprint density at radius 2 is 2.32 bits per heavy atom. The quantitative estimate of drug-likeness (QED) is 0.738. The van der Waals surface area contributed by atoms with Gasteiger partial charge in [0, 0.05) is 18.1 Å². The summed E-state index contributed by atoms with van der Waals surface area (Å²) in [6.07, 6.45) is 2.59. The molecule has 0 spiro atoms. The Morgan fingerprint density at radius 1 is 1.44 bits per heavy atom. The summed E-state index contributed by atoms with van der Waals surface area (Å²) in [5.41, 5.74) is 1.31. The van der Waals surface area contributed by atoms with Gasteiger partial charge in [0.15, 0.2) is 5.56 Å². The number of nitriles is 1. The van der Waals surface area contributed by atoms with Crippen LogP contribution in [0.5, 0.6) is 0 Å². The van der Waals surface area contributed by atoms with Gasteiger partial charge in [0.1, 0.15) is 11.1 Å². The minimum Gasteiger partial charge on any atom is -0.343 e. The Labute approximate surface area is 152 Å². The van der Waals surface area contributed by atoms with Gasteiger partial charge in [-0.1, -0.05) is 11.6 Å². The van der Waals surface area contributed by atoms with Crippen LogP contribution >= 0.6 is 23.1 Å². The number of fused-ring (bicyclic) bond motifs is 1. The van der Waals surface area contributed by atoms with Crippen molar-refractivity contribution in [1.82, 2.24) is 14.3 Å². The molecule has 0 radical (unpaired) electrons. The highest BCUT2D eigenvalue weighted by Gasteiger charge is 2.24. The normalized spacial score (nSPS) is 16.9. The number of nitrogens with one attached hydrogen (secondary N) is 2. The molecule has 2 aromatic heterocycles. The lowest BCUT2D eigenvalue weighted by molar-refractivity contribution is 0.574. The first-order valence-corrected chi connectivity index (χ1v) is 9.01. The van der Waals surface area contributed by atoms with Gasteiger partial charge >= 0.3 is 0 Å². The van der Waals surface area contributed by atoms with E-state index in [0.717, 1.165) is 30.4 Å². The lowest BCUT2D eigenvalue weighted by Gasteiger charge is -2.10. The molecule has 126 valence electrons. The van der Waals surface area contributed by atoms with Crippen molar-refractivity contribution in [1.29, 1.82) is 5.26 Å². The number of halogens is 1. The van der Waals surface area contributed by atoms with Gasteiger partial charge in [0.2, 0.25) is 0 Å². The van der Waals surface area contributed by atoms with Crippen LogP contribution in [0.1, 0.15) is 18.0 Å². The van der Waals surface area contributed by atoms with Crippen LogP contribution in [-0.4, -0.2) is 22.0 Å². The van der Waals surface area contributed by atoms with Crippen LogP contribution in [0, 0.1) is 11.3 Å². The van der Waals surface area contributed by atoms with Crippen LogP contribution in [0.3, 0.4) is 0 Å². The number of pyridine rings is 1. The third-order valence-electron chi connectivity index (χ3n) is 4.28. The highest BCUT2D eigenvalue weighted by Crippen LogP contribution is 2.35. The fourth-order valence-electron chi connectivity index (χ4n) is 3.02. The summed E-state index contributed by atoms with van der Waals surface area (Å²) in [5.74, 6) is 0. The number of nitrogens with zero attached hydrogens (tertiary/aromatic N) is 3. The first-order chi connectivity index (χ1) is 12.2. The van der Waals surface area contributed by atoms with E-state index in [9.17, 15) is 10.1 Å². The third-order valence-corrected chi connectivity index (χ3v) is 5.75. The molecule has 3 aromatic rings. The minimum atomic E-state index is -0.252. The summed E-state index contributed by atoms with van der Waals surface area (Å²) in [7, 11) is 0.